The molecule has 1 fully saturated rings. The molecule has 0 radical (unpaired) electrons. The Morgan fingerprint density at radius 2 is 2.22 bits per heavy atom. The summed E-state index contributed by atoms with van der Waals surface area (Å²) >= 11 is 0. The van der Waals surface area contributed by atoms with Crippen molar-refractivity contribution in [1.82, 2.24) is 10.6 Å². The van der Waals surface area contributed by atoms with Gasteiger partial charge in [0.15, 0.2) is 0 Å². The third kappa shape index (κ3) is 3.74. The molecule has 4 nitrogen and oxygen atoms in total. The second-order valence-corrected chi connectivity index (χ2v) is 4.81. The number of rotatable bonds is 3. The molecule has 0 spiro atoms. The van der Waals surface area contributed by atoms with Crippen molar-refractivity contribution in [3.63, 3.8) is 0 Å². The summed E-state index contributed by atoms with van der Waals surface area (Å²) in [6.45, 7) is 4.96. The molecule has 0 aromatic heterocycles. The summed E-state index contributed by atoms with van der Waals surface area (Å²) in [6.07, 6.45) is 0.735. The van der Waals surface area contributed by atoms with Crippen molar-refractivity contribution >= 4 is 6.09 Å². The SMILES string of the molecule is CC1CNCCC1CNC(=O)Oc1ccccc1. The van der Waals surface area contributed by atoms with Gasteiger partial charge in [-0.1, -0.05) is 25.1 Å². The van der Waals surface area contributed by atoms with Crippen LogP contribution in [-0.4, -0.2) is 25.7 Å². The highest BCUT2D eigenvalue weighted by atomic mass is 16.5. The van der Waals surface area contributed by atoms with E-state index in [4.69, 9.17) is 4.74 Å². The lowest BCUT2D eigenvalue weighted by Gasteiger charge is -2.29. The normalized spacial score (nSPS) is 23.4. The molecule has 2 atom stereocenters. The van der Waals surface area contributed by atoms with Crippen LogP contribution in [0.1, 0.15) is 13.3 Å². The van der Waals surface area contributed by atoms with Crippen molar-refractivity contribution in [1.29, 1.82) is 0 Å². The summed E-state index contributed by atoms with van der Waals surface area (Å²) in [5.74, 6) is 1.71. The van der Waals surface area contributed by atoms with Gasteiger partial charge in [0.1, 0.15) is 5.75 Å². The van der Waals surface area contributed by atoms with Gasteiger partial charge in [-0.3, -0.25) is 0 Å². The van der Waals surface area contributed by atoms with Crippen LogP contribution in [0.2, 0.25) is 0 Å². The van der Waals surface area contributed by atoms with Crippen LogP contribution in [0.15, 0.2) is 30.3 Å². The zero-order chi connectivity index (χ0) is 12.8. The van der Waals surface area contributed by atoms with E-state index in [1.807, 2.05) is 18.2 Å². The van der Waals surface area contributed by atoms with Crippen molar-refractivity contribution in [2.24, 2.45) is 11.8 Å². The van der Waals surface area contributed by atoms with Crippen LogP contribution in [0, 0.1) is 11.8 Å². The first kappa shape index (κ1) is 12.9. The number of ether oxygens (including phenoxy) is 1. The molecule has 18 heavy (non-hydrogen) atoms. The van der Waals surface area contributed by atoms with E-state index in [1.54, 1.807) is 12.1 Å². The Labute approximate surface area is 108 Å². The predicted molar refractivity (Wildman–Crippen MR) is 70.6 cm³/mol. The highest BCUT2D eigenvalue weighted by Gasteiger charge is 2.21. The molecular formula is C14H20N2O2. The molecule has 2 rings (SSSR count). The van der Waals surface area contributed by atoms with Crippen molar-refractivity contribution < 1.29 is 9.53 Å². The molecule has 0 saturated carbocycles. The monoisotopic (exact) mass is 248 g/mol. The zero-order valence-electron chi connectivity index (χ0n) is 10.7. The van der Waals surface area contributed by atoms with E-state index in [0.29, 0.717) is 24.1 Å². The lowest BCUT2D eigenvalue weighted by atomic mass is 9.88. The summed E-state index contributed by atoms with van der Waals surface area (Å²) in [7, 11) is 0. The quantitative estimate of drug-likeness (QED) is 0.860. The molecule has 1 aliphatic rings. The number of para-hydroxylation sites is 1. The third-order valence-electron chi connectivity index (χ3n) is 3.43. The van der Waals surface area contributed by atoms with Crippen LogP contribution in [0.25, 0.3) is 0 Å². The van der Waals surface area contributed by atoms with Crippen molar-refractivity contribution in [2.45, 2.75) is 13.3 Å². The highest BCUT2D eigenvalue weighted by Crippen LogP contribution is 2.17. The Kier molecular flexibility index (Phi) is 4.59. The van der Waals surface area contributed by atoms with E-state index >= 15 is 0 Å². The number of hydrogen-bond acceptors (Lipinski definition) is 3. The maximum atomic E-state index is 11.6. The fraction of sp³-hybridized carbons (Fsp3) is 0.500. The summed E-state index contributed by atoms with van der Waals surface area (Å²) < 4.78 is 5.17. The highest BCUT2D eigenvalue weighted by molar-refractivity contribution is 5.70. The number of nitrogens with one attached hydrogen (secondary N) is 2. The van der Waals surface area contributed by atoms with E-state index in [-0.39, 0.29) is 6.09 Å². The summed E-state index contributed by atoms with van der Waals surface area (Å²) in [4.78, 5) is 11.6. The standard InChI is InChI=1S/C14H20N2O2/c1-11-9-15-8-7-12(11)10-16-14(17)18-13-5-3-2-4-6-13/h2-6,11-12,15H,7-10H2,1H3,(H,16,17). The predicted octanol–water partition coefficient (Wildman–Crippen LogP) is 2.02. The average molecular weight is 248 g/mol. The largest absolute Gasteiger partial charge is 0.412 e. The van der Waals surface area contributed by atoms with E-state index < -0.39 is 0 Å². The summed E-state index contributed by atoms with van der Waals surface area (Å²) in [5, 5.41) is 6.19. The van der Waals surface area contributed by atoms with E-state index in [9.17, 15) is 4.79 Å². The maximum absolute atomic E-state index is 11.6. The molecule has 2 N–H and O–H groups in total. The van der Waals surface area contributed by atoms with Crippen LogP contribution in [0.4, 0.5) is 4.79 Å². The number of carbonyl (C=O) groups is 1. The number of amides is 1. The van der Waals surface area contributed by atoms with Crippen LogP contribution in [0.3, 0.4) is 0 Å². The first-order chi connectivity index (χ1) is 8.75. The van der Waals surface area contributed by atoms with Crippen LogP contribution >= 0.6 is 0 Å². The molecule has 1 heterocycles. The van der Waals surface area contributed by atoms with Crippen LogP contribution in [0.5, 0.6) is 5.75 Å². The zero-order valence-corrected chi connectivity index (χ0v) is 10.7. The molecule has 0 bridgehead atoms. The minimum absolute atomic E-state index is 0.369. The van der Waals surface area contributed by atoms with Gasteiger partial charge in [-0.15, -0.1) is 0 Å². The topological polar surface area (TPSA) is 50.4 Å². The second kappa shape index (κ2) is 6.40. The van der Waals surface area contributed by atoms with Gasteiger partial charge in [-0.25, -0.2) is 4.79 Å². The molecular weight excluding hydrogens is 228 g/mol. The van der Waals surface area contributed by atoms with Gasteiger partial charge in [-0.05, 0) is 43.5 Å². The third-order valence-corrected chi connectivity index (χ3v) is 3.43. The molecule has 98 valence electrons. The number of carbonyl (C=O) groups excluding carboxylic acids is 1. The van der Waals surface area contributed by atoms with Gasteiger partial charge in [0.05, 0.1) is 0 Å². The molecule has 1 amide bonds. The average Bonchev–Trinajstić information content (AvgIpc) is 2.39. The van der Waals surface area contributed by atoms with Crippen molar-refractivity contribution in [3.8, 4) is 5.75 Å². The van der Waals surface area contributed by atoms with Gasteiger partial charge in [0, 0.05) is 6.54 Å². The van der Waals surface area contributed by atoms with Crippen molar-refractivity contribution in [2.75, 3.05) is 19.6 Å². The maximum Gasteiger partial charge on any atom is 0.412 e. The van der Waals surface area contributed by atoms with Gasteiger partial charge >= 0.3 is 6.09 Å². The van der Waals surface area contributed by atoms with Gasteiger partial charge in [0.2, 0.25) is 0 Å². The summed E-state index contributed by atoms with van der Waals surface area (Å²) in [5.41, 5.74) is 0. The Bertz CT molecular complexity index is 381. The molecule has 0 aliphatic carbocycles. The molecule has 1 aliphatic heterocycles. The van der Waals surface area contributed by atoms with E-state index in [1.165, 1.54) is 0 Å². The molecule has 1 aromatic rings. The lowest BCUT2D eigenvalue weighted by molar-refractivity contribution is 0.192. The van der Waals surface area contributed by atoms with E-state index in [0.717, 1.165) is 19.5 Å². The Morgan fingerprint density at radius 1 is 1.44 bits per heavy atom. The minimum Gasteiger partial charge on any atom is -0.410 e. The van der Waals surface area contributed by atoms with Crippen LogP contribution < -0.4 is 15.4 Å². The molecule has 4 heteroatoms. The number of benzene rings is 1. The van der Waals surface area contributed by atoms with Crippen LogP contribution in [-0.2, 0) is 0 Å². The first-order valence-corrected chi connectivity index (χ1v) is 6.47. The lowest BCUT2D eigenvalue weighted by Crippen LogP contribution is -2.41. The Balaban J connectivity index is 1.74. The van der Waals surface area contributed by atoms with E-state index in [2.05, 4.69) is 17.6 Å². The smallest absolute Gasteiger partial charge is 0.410 e. The molecule has 1 saturated heterocycles. The van der Waals surface area contributed by atoms with Crippen molar-refractivity contribution in [3.05, 3.63) is 30.3 Å². The second-order valence-electron chi connectivity index (χ2n) is 4.81. The Hall–Kier alpha value is -1.55. The number of hydrogen-bond donors (Lipinski definition) is 2. The number of piperidine rings is 1. The minimum atomic E-state index is -0.369. The van der Waals surface area contributed by atoms with Gasteiger partial charge in [-0.2, -0.15) is 0 Å². The van der Waals surface area contributed by atoms with Gasteiger partial charge in [0.25, 0.3) is 0 Å². The Morgan fingerprint density at radius 3 is 2.94 bits per heavy atom. The summed E-state index contributed by atoms with van der Waals surface area (Å²) in [6, 6.07) is 9.12. The fourth-order valence-corrected chi connectivity index (χ4v) is 2.22. The fourth-order valence-electron chi connectivity index (χ4n) is 2.22. The molecule has 1 aromatic carbocycles. The first-order valence-electron chi connectivity index (χ1n) is 6.47. The van der Waals surface area contributed by atoms with Gasteiger partial charge < -0.3 is 15.4 Å². The molecule has 2 unspecified atom stereocenters.